The quantitative estimate of drug-likeness (QED) is 0.438. The van der Waals surface area contributed by atoms with Gasteiger partial charge in [-0.2, -0.15) is 0 Å². The van der Waals surface area contributed by atoms with Crippen molar-refractivity contribution in [2.45, 2.75) is 0 Å². The molecule has 2 aromatic heterocycles. The van der Waals surface area contributed by atoms with Crippen LogP contribution in [0.3, 0.4) is 0 Å². The summed E-state index contributed by atoms with van der Waals surface area (Å²) in [7, 11) is -0.974. The minimum absolute atomic E-state index is 0.487. The van der Waals surface area contributed by atoms with Gasteiger partial charge in [0, 0.05) is 12.4 Å². The molecule has 0 saturated heterocycles. The van der Waals surface area contributed by atoms with Crippen LogP contribution in [0, 0.1) is 0 Å². The standard InChI is InChI=1S/C24H22N2P2/c1-3-11-21(12-4-1)27(23-15-7-9-17-25-23)19-20-28(22-13-5-2-6-14-22)24-16-8-10-18-26-24/h1-18H,19-20H2/t27-,28-/m1/s1. The first-order valence-corrected chi connectivity index (χ1v) is 12.4. The van der Waals surface area contributed by atoms with Gasteiger partial charge < -0.3 is 0 Å². The molecule has 0 fully saturated rings. The van der Waals surface area contributed by atoms with Crippen LogP contribution in [-0.2, 0) is 0 Å². The Morgan fingerprint density at radius 2 is 0.857 bits per heavy atom. The highest BCUT2D eigenvalue weighted by Crippen LogP contribution is 2.40. The summed E-state index contributed by atoms with van der Waals surface area (Å²) in [6, 6.07) is 34.2. The van der Waals surface area contributed by atoms with E-state index in [-0.39, 0.29) is 0 Å². The van der Waals surface area contributed by atoms with E-state index < -0.39 is 15.8 Å². The van der Waals surface area contributed by atoms with Gasteiger partial charge in [0.25, 0.3) is 0 Å². The highest BCUT2D eigenvalue weighted by atomic mass is 31.1. The number of pyridine rings is 2. The molecule has 0 unspecified atom stereocenters. The van der Waals surface area contributed by atoms with E-state index in [0.29, 0.717) is 0 Å². The van der Waals surface area contributed by atoms with Gasteiger partial charge in [-0.15, -0.1) is 0 Å². The van der Waals surface area contributed by atoms with Crippen molar-refractivity contribution in [2.24, 2.45) is 0 Å². The van der Waals surface area contributed by atoms with Gasteiger partial charge in [-0.3, -0.25) is 9.97 Å². The minimum Gasteiger partial charge on any atom is -0.256 e. The van der Waals surface area contributed by atoms with Gasteiger partial charge in [0.2, 0.25) is 0 Å². The molecule has 2 nitrogen and oxygen atoms in total. The van der Waals surface area contributed by atoms with Crippen molar-refractivity contribution in [2.75, 3.05) is 12.3 Å². The number of hydrogen-bond donors (Lipinski definition) is 0. The Bertz CT molecular complexity index is 802. The maximum absolute atomic E-state index is 4.70. The predicted octanol–water partition coefficient (Wildman–Crippen LogP) is 4.04. The van der Waals surface area contributed by atoms with Crippen LogP contribution in [0.4, 0.5) is 0 Å². The van der Waals surface area contributed by atoms with Gasteiger partial charge in [0.15, 0.2) is 0 Å². The molecule has 2 aromatic carbocycles. The summed E-state index contributed by atoms with van der Waals surface area (Å²) in [5.74, 6) is 0. The molecule has 4 heteroatoms. The summed E-state index contributed by atoms with van der Waals surface area (Å²) in [6.07, 6.45) is 6.03. The highest BCUT2D eigenvalue weighted by molar-refractivity contribution is 7.76. The number of hydrogen-bond acceptors (Lipinski definition) is 2. The van der Waals surface area contributed by atoms with Crippen LogP contribution < -0.4 is 21.5 Å². The normalized spacial score (nSPS) is 13.0. The number of rotatable bonds is 7. The van der Waals surface area contributed by atoms with E-state index in [9.17, 15) is 0 Å². The molecule has 2 atom stereocenters. The molecule has 4 rings (SSSR count). The molecule has 138 valence electrons. The Balaban J connectivity index is 1.64. The minimum atomic E-state index is -0.487. The molecule has 2 heterocycles. The first kappa shape index (κ1) is 18.9. The van der Waals surface area contributed by atoms with Gasteiger partial charge in [0.05, 0.1) is 10.9 Å². The van der Waals surface area contributed by atoms with Gasteiger partial charge in [0.1, 0.15) is 0 Å². The first-order valence-electron chi connectivity index (χ1n) is 9.39. The van der Waals surface area contributed by atoms with Crippen molar-refractivity contribution in [3.8, 4) is 0 Å². The lowest BCUT2D eigenvalue weighted by Crippen LogP contribution is -2.22. The average Bonchev–Trinajstić information content (AvgIpc) is 2.79. The molecule has 28 heavy (non-hydrogen) atoms. The van der Waals surface area contributed by atoms with Crippen molar-refractivity contribution >= 4 is 37.3 Å². The molecule has 0 amide bonds. The summed E-state index contributed by atoms with van der Waals surface area (Å²) in [4.78, 5) is 9.40. The van der Waals surface area contributed by atoms with Crippen LogP contribution in [0.5, 0.6) is 0 Å². The fourth-order valence-corrected chi connectivity index (χ4v) is 8.31. The Labute approximate surface area is 169 Å². The third-order valence-corrected chi connectivity index (χ3v) is 9.71. The van der Waals surface area contributed by atoms with Crippen molar-refractivity contribution in [1.29, 1.82) is 0 Å². The Morgan fingerprint density at radius 3 is 1.21 bits per heavy atom. The van der Waals surface area contributed by atoms with Crippen LogP contribution in [0.15, 0.2) is 109 Å². The SMILES string of the molecule is c1ccc([P@@](CC[P@](c2ccccc2)c2ccccn2)c2ccccn2)cc1. The summed E-state index contributed by atoms with van der Waals surface area (Å²) >= 11 is 0. The highest BCUT2D eigenvalue weighted by Gasteiger charge is 2.20. The maximum Gasteiger partial charge on any atom is 0.0676 e. The van der Waals surface area contributed by atoms with E-state index in [1.165, 1.54) is 21.5 Å². The molecular formula is C24H22N2P2. The zero-order valence-electron chi connectivity index (χ0n) is 15.6. The fourth-order valence-electron chi connectivity index (χ4n) is 3.19. The van der Waals surface area contributed by atoms with E-state index >= 15 is 0 Å². The van der Waals surface area contributed by atoms with Crippen LogP contribution in [-0.4, -0.2) is 22.3 Å². The molecule has 0 N–H and O–H groups in total. The largest absolute Gasteiger partial charge is 0.256 e. The molecular weight excluding hydrogens is 378 g/mol. The maximum atomic E-state index is 4.70. The second-order valence-corrected chi connectivity index (χ2v) is 10.9. The number of benzene rings is 2. The fraction of sp³-hybridized carbons (Fsp3) is 0.0833. The zero-order valence-corrected chi connectivity index (χ0v) is 17.4. The smallest absolute Gasteiger partial charge is 0.0676 e. The van der Waals surface area contributed by atoms with Crippen molar-refractivity contribution < 1.29 is 0 Å². The van der Waals surface area contributed by atoms with Crippen molar-refractivity contribution in [1.82, 2.24) is 9.97 Å². The molecule has 0 radical (unpaired) electrons. The molecule has 0 saturated carbocycles. The second-order valence-electron chi connectivity index (χ2n) is 6.35. The molecule has 0 aliphatic rings. The Hall–Kier alpha value is -2.40. The third kappa shape index (κ3) is 4.71. The summed E-state index contributed by atoms with van der Waals surface area (Å²) in [5, 5.41) is 2.78. The lowest BCUT2D eigenvalue weighted by atomic mass is 10.4. The molecule has 4 aromatic rings. The van der Waals surface area contributed by atoms with E-state index in [2.05, 4.69) is 84.9 Å². The van der Waals surface area contributed by atoms with E-state index in [4.69, 9.17) is 9.97 Å². The number of aromatic nitrogens is 2. The van der Waals surface area contributed by atoms with E-state index in [1.54, 1.807) is 0 Å². The van der Waals surface area contributed by atoms with Crippen LogP contribution in [0.25, 0.3) is 0 Å². The monoisotopic (exact) mass is 400 g/mol. The predicted molar refractivity (Wildman–Crippen MR) is 123 cm³/mol. The Kier molecular flexibility index (Phi) is 6.56. The molecule has 0 spiro atoms. The van der Waals surface area contributed by atoms with Gasteiger partial charge >= 0.3 is 0 Å². The molecule has 0 aliphatic heterocycles. The molecule has 0 aliphatic carbocycles. The lowest BCUT2D eigenvalue weighted by Gasteiger charge is -2.22. The van der Waals surface area contributed by atoms with Crippen LogP contribution in [0.2, 0.25) is 0 Å². The topological polar surface area (TPSA) is 25.8 Å². The van der Waals surface area contributed by atoms with E-state index in [0.717, 1.165) is 12.3 Å². The Morgan fingerprint density at radius 1 is 0.464 bits per heavy atom. The van der Waals surface area contributed by atoms with Gasteiger partial charge in [-0.05, 0) is 63.0 Å². The lowest BCUT2D eigenvalue weighted by molar-refractivity contribution is 1.37. The van der Waals surface area contributed by atoms with Crippen molar-refractivity contribution in [3.63, 3.8) is 0 Å². The van der Waals surface area contributed by atoms with Crippen LogP contribution >= 0.6 is 15.8 Å². The van der Waals surface area contributed by atoms with Crippen LogP contribution in [0.1, 0.15) is 0 Å². The zero-order chi connectivity index (χ0) is 19.0. The van der Waals surface area contributed by atoms with E-state index in [1.807, 2.05) is 24.5 Å². The summed E-state index contributed by atoms with van der Waals surface area (Å²) < 4.78 is 0. The number of nitrogens with zero attached hydrogens (tertiary/aromatic N) is 2. The second kappa shape index (κ2) is 9.69. The summed E-state index contributed by atoms with van der Waals surface area (Å²) in [5.41, 5.74) is 2.40. The third-order valence-electron chi connectivity index (χ3n) is 4.53. The molecule has 0 bridgehead atoms. The van der Waals surface area contributed by atoms with Gasteiger partial charge in [-0.25, -0.2) is 0 Å². The average molecular weight is 400 g/mol. The summed E-state index contributed by atoms with van der Waals surface area (Å²) in [6.45, 7) is 0. The van der Waals surface area contributed by atoms with Crippen molar-refractivity contribution in [3.05, 3.63) is 109 Å². The van der Waals surface area contributed by atoms with Gasteiger partial charge in [-0.1, -0.05) is 72.8 Å². The first-order chi connectivity index (χ1) is 13.9.